The third kappa shape index (κ3) is 4.20. The number of amides is 1. The molecule has 0 N–H and O–H groups in total. The number of hydrogen-bond acceptors (Lipinski definition) is 4. The molecule has 0 aliphatic carbocycles. The van der Waals surface area contributed by atoms with Crippen LogP contribution in [0.1, 0.15) is 18.1 Å². The van der Waals surface area contributed by atoms with Crippen LogP contribution in [0.4, 0.5) is 0 Å². The van der Waals surface area contributed by atoms with E-state index in [2.05, 4.69) is 5.10 Å². The Morgan fingerprint density at radius 2 is 2.28 bits per heavy atom. The summed E-state index contributed by atoms with van der Waals surface area (Å²) in [6.45, 7) is 4.90. The third-order valence-electron chi connectivity index (χ3n) is 4.49. The van der Waals surface area contributed by atoms with Gasteiger partial charge in [0.15, 0.2) is 0 Å². The van der Waals surface area contributed by atoms with E-state index in [0.29, 0.717) is 32.7 Å². The Labute approximate surface area is 148 Å². The molecular weight excluding hydrogens is 318 g/mol. The third-order valence-corrected chi connectivity index (χ3v) is 4.49. The molecule has 0 unspecified atom stereocenters. The second kappa shape index (κ2) is 8.16. The van der Waals surface area contributed by atoms with Crippen LogP contribution in [-0.2, 0) is 29.0 Å². The lowest BCUT2D eigenvalue weighted by atomic mass is 9.95. The summed E-state index contributed by atoms with van der Waals surface area (Å²) in [5.41, 5.74) is 2.13. The van der Waals surface area contributed by atoms with Crippen LogP contribution < -0.4 is 4.74 Å². The van der Waals surface area contributed by atoms with E-state index in [1.54, 1.807) is 7.11 Å². The van der Waals surface area contributed by atoms with Gasteiger partial charge >= 0.3 is 0 Å². The number of methoxy groups -OCH3 is 1. The Balaban J connectivity index is 1.70. The fourth-order valence-electron chi connectivity index (χ4n) is 3.09. The average Bonchev–Trinajstić information content (AvgIpc) is 3.12. The van der Waals surface area contributed by atoms with Gasteiger partial charge in [-0.25, -0.2) is 0 Å². The van der Waals surface area contributed by atoms with E-state index in [9.17, 15) is 4.79 Å². The molecule has 3 rings (SSSR count). The van der Waals surface area contributed by atoms with Crippen LogP contribution >= 0.6 is 0 Å². The molecule has 2 aromatic rings. The van der Waals surface area contributed by atoms with Crippen LogP contribution in [0.2, 0.25) is 0 Å². The van der Waals surface area contributed by atoms with Gasteiger partial charge in [0.2, 0.25) is 5.91 Å². The predicted octanol–water partition coefficient (Wildman–Crippen LogP) is 2.13. The molecule has 0 bridgehead atoms. The zero-order valence-electron chi connectivity index (χ0n) is 14.9. The number of fused-ring (bicyclic) bond motifs is 1. The Morgan fingerprint density at radius 1 is 1.44 bits per heavy atom. The van der Waals surface area contributed by atoms with Crippen molar-refractivity contribution in [1.82, 2.24) is 14.7 Å². The molecule has 0 saturated carbocycles. The maximum Gasteiger partial charge on any atom is 0.229 e. The zero-order chi connectivity index (χ0) is 17.6. The summed E-state index contributed by atoms with van der Waals surface area (Å²) in [4.78, 5) is 14.9. The predicted molar refractivity (Wildman–Crippen MR) is 94.3 cm³/mol. The Kier molecular flexibility index (Phi) is 5.71. The first-order valence-corrected chi connectivity index (χ1v) is 8.71. The minimum Gasteiger partial charge on any atom is -0.492 e. The number of benzene rings is 1. The Bertz CT molecular complexity index is 713. The van der Waals surface area contributed by atoms with Gasteiger partial charge in [0.25, 0.3) is 0 Å². The van der Waals surface area contributed by atoms with Crippen molar-refractivity contribution in [2.45, 2.75) is 26.4 Å². The number of carbonyl (C=O) groups excluding carboxylic acids is 1. The molecule has 0 spiro atoms. The van der Waals surface area contributed by atoms with E-state index < -0.39 is 0 Å². The average molecular weight is 343 g/mol. The van der Waals surface area contributed by atoms with Gasteiger partial charge in [-0.2, -0.15) is 5.10 Å². The van der Waals surface area contributed by atoms with Gasteiger partial charge in [0, 0.05) is 38.5 Å². The number of rotatable bonds is 7. The normalized spacial score (nSPS) is 16.2. The van der Waals surface area contributed by atoms with Crippen LogP contribution in [0, 0.1) is 5.92 Å². The van der Waals surface area contributed by atoms with Gasteiger partial charge in [-0.3, -0.25) is 9.48 Å². The van der Waals surface area contributed by atoms with Crippen LogP contribution in [-0.4, -0.2) is 47.5 Å². The lowest BCUT2D eigenvalue weighted by Crippen LogP contribution is -2.41. The molecule has 1 aliphatic rings. The van der Waals surface area contributed by atoms with Crippen LogP contribution in [0.15, 0.2) is 36.7 Å². The Morgan fingerprint density at radius 3 is 3.04 bits per heavy atom. The van der Waals surface area contributed by atoms with Crippen molar-refractivity contribution in [3.63, 3.8) is 0 Å². The molecule has 1 atom stereocenters. The first-order chi connectivity index (χ1) is 12.2. The summed E-state index contributed by atoms with van der Waals surface area (Å²) in [6.07, 6.45) is 4.52. The minimum atomic E-state index is -0.159. The number of ether oxygens (including phenoxy) is 2. The molecule has 6 nitrogen and oxygen atoms in total. The van der Waals surface area contributed by atoms with E-state index in [0.717, 1.165) is 23.4 Å². The highest BCUT2D eigenvalue weighted by atomic mass is 16.5. The van der Waals surface area contributed by atoms with Crippen molar-refractivity contribution in [2.24, 2.45) is 5.92 Å². The van der Waals surface area contributed by atoms with E-state index in [-0.39, 0.29) is 11.8 Å². The van der Waals surface area contributed by atoms with Crippen LogP contribution in [0.5, 0.6) is 5.75 Å². The number of para-hydroxylation sites is 1. The molecule has 0 radical (unpaired) electrons. The quantitative estimate of drug-likeness (QED) is 0.773. The largest absolute Gasteiger partial charge is 0.492 e. The first-order valence-electron chi connectivity index (χ1n) is 8.71. The summed E-state index contributed by atoms with van der Waals surface area (Å²) in [5.74, 6) is 0.836. The van der Waals surface area contributed by atoms with Crippen molar-refractivity contribution in [3.8, 4) is 5.75 Å². The highest BCUT2D eigenvalue weighted by molar-refractivity contribution is 5.79. The van der Waals surface area contributed by atoms with Gasteiger partial charge in [0.05, 0.1) is 18.7 Å². The standard InChI is InChI=1S/C19H25N3O3/c1-3-22-13-15(11-20-22)12-21(8-9-24-2)19(23)17-10-16-6-4-5-7-18(16)25-14-17/h4-7,11,13,17H,3,8-10,12,14H2,1-2H3/t17-/m0/s1. The summed E-state index contributed by atoms with van der Waals surface area (Å²) in [6, 6.07) is 7.92. The molecule has 0 fully saturated rings. The fourth-order valence-corrected chi connectivity index (χ4v) is 3.09. The maximum absolute atomic E-state index is 13.1. The SMILES string of the molecule is CCn1cc(CN(CCOC)C(=O)[C@@H]2COc3ccccc3C2)cn1. The summed E-state index contributed by atoms with van der Waals surface area (Å²) in [5, 5.41) is 4.29. The molecule has 1 aromatic heterocycles. The molecular formula is C19H25N3O3. The molecule has 2 heterocycles. The number of hydrogen-bond donors (Lipinski definition) is 0. The summed E-state index contributed by atoms with van der Waals surface area (Å²) in [7, 11) is 1.65. The molecule has 0 saturated heterocycles. The number of nitrogens with zero attached hydrogens (tertiary/aromatic N) is 3. The molecule has 134 valence electrons. The fraction of sp³-hybridized carbons (Fsp3) is 0.474. The number of carbonyl (C=O) groups is 1. The van der Waals surface area contributed by atoms with Crippen molar-refractivity contribution in [1.29, 1.82) is 0 Å². The van der Waals surface area contributed by atoms with Crippen molar-refractivity contribution in [3.05, 3.63) is 47.8 Å². The minimum absolute atomic E-state index is 0.107. The molecule has 25 heavy (non-hydrogen) atoms. The highest BCUT2D eigenvalue weighted by Gasteiger charge is 2.29. The van der Waals surface area contributed by atoms with E-state index >= 15 is 0 Å². The van der Waals surface area contributed by atoms with Crippen molar-refractivity contribution < 1.29 is 14.3 Å². The molecule has 1 amide bonds. The van der Waals surface area contributed by atoms with E-state index in [1.165, 1.54) is 0 Å². The Hall–Kier alpha value is -2.34. The van der Waals surface area contributed by atoms with Gasteiger partial charge < -0.3 is 14.4 Å². The smallest absolute Gasteiger partial charge is 0.229 e. The van der Waals surface area contributed by atoms with Gasteiger partial charge in [-0.1, -0.05) is 18.2 Å². The maximum atomic E-state index is 13.1. The van der Waals surface area contributed by atoms with Gasteiger partial charge in [-0.15, -0.1) is 0 Å². The van der Waals surface area contributed by atoms with E-state index in [4.69, 9.17) is 9.47 Å². The first kappa shape index (κ1) is 17.5. The van der Waals surface area contributed by atoms with Gasteiger partial charge in [0.1, 0.15) is 12.4 Å². The van der Waals surface area contributed by atoms with E-state index in [1.807, 2.05) is 53.2 Å². The van der Waals surface area contributed by atoms with Gasteiger partial charge in [-0.05, 0) is 25.0 Å². The highest BCUT2D eigenvalue weighted by Crippen LogP contribution is 2.28. The lowest BCUT2D eigenvalue weighted by Gasteiger charge is -2.30. The topological polar surface area (TPSA) is 56.6 Å². The lowest BCUT2D eigenvalue weighted by molar-refractivity contribution is -0.138. The second-order valence-corrected chi connectivity index (χ2v) is 6.28. The number of aryl methyl sites for hydroxylation is 1. The monoisotopic (exact) mass is 343 g/mol. The summed E-state index contributed by atoms with van der Waals surface area (Å²) < 4.78 is 12.8. The van der Waals surface area contributed by atoms with Crippen LogP contribution in [0.25, 0.3) is 0 Å². The zero-order valence-corrected chi connectivity index (χ0v) is 14.9. The number of aromatic nitrogens is 2. The van der Waals surface area contributed by atoms with Crippen LogP contribution in [0.3, 0.4) is 0 Å². The molecule has 1 aromatic carbocycles. The second-order valence-electron chi connectivity index (χ2n) is 6.28. The van der Waals surface area contributed by atoms with Crippen molar-refractivity contribution >= 4 is 5.91 Å². The molecule has 6 heteroatoms. The van der Waals surface area contributed by atoms with Crippen molar-refractivity contribution in [2.75, 3.05) is 26.9 Å². The summed E-state index contributed by atoms with van der Waals surface area (Å²) >= 11 is 0. The molecule has 1 aliphatic heterocycles.